The molecule has 0 aromatic rings. The summed E-state index contributed by atoms with van der Waals surface area (Å²) in [4.78, 5) is 11.1. The van der Waals surface area contributed by atoms with Crippen LogP contribution in [0.15, 0.2) is 23.5 Å². The lowest BCUT2D eigenvalue weighted by Gasteiger charge is -2.11. The molecule has 1 saturated carbocycles. The van der Waals surface area contributed by atoms with Crippen LogP contribution in [0.4, 0.5) is 0 Å². The molecule has 0 spiro atoms. The van der Waals surface area contributed by atoms with Gasteiger partial charge >= 0.3 is 0 Å². The summed E-state index contributed by atoms with van der Waals surface area (Å²) in [6, 6.07) is 0. The van der Waals surface area contributed by atoms with Crippen LogP contribution in [0.1, 0.15) is 27.2 Å². The van der Waals surface area contributed by atoms with Gasteiger partial charge in [0.2, 0.25) is 0 Å². The van der Waals surface area contributed by atoms with Gasteiger partial charge in [0.05, 0.1) is 12.7 Å². The third-order valence-corrected chi connectivity index (χ3v) is 2.55. The number of methoxy groups -OCH3 is 1. The van der Waals surface area contributed by atoms with Crippen LogP contribution >= 0.6 is 0 Å². The quantitative estimate of drug-likeness (QED) is 0.675. The fraction of sp³-hybridized carbons (Fsp3) is 0.583. The van der Waals surface area contributed by atoms with E-state index in [4.69, 9.17) is 4.74 Å². The molecule has 14 heavy (non-hydrogen) atoms. The maximum absolute atomic E-state index is 11.1. The van der Waals surface area contributed by atoms with Crippen molar-refractivity contribution in [2.75, 3.05) is 7.11 Å². The molecule has 0 aromatic carbocycles. The van der Waals surface area contributed by atoms with E-state index in [0.29, 0.717) is 11.8 Å². The van der Waals surface area contributed by atoms with Gasteiger partial charge in [-0.15, -0.1) is 0 Å². The first kappa shape index (κ1) is 11.0. The van der Waals surface area contributed by atoms with Gasteiger partial charge in [0.15, 0.2) is 5.78 Å². The summed E-state index contributed by atoms with van der Waals surface area (Å²) in [5.41, 5.74) is 0.760. The Morgan fingerprint density at radius 2 is 2.14 bits per heavy atom. The van der Waals surface area contributed by atoms with Crippen LogP contribution in [0.2, 0.25) is 0 Å². The van der Waals surface area contributed by atoms with Crippen LogP contribution in [-0.4, -0.2) is 12.9 Å². The zero-order chi connectivity index (χ0) is 10.7. The van der Waals surface area contributed by atoms with E-state index in [-0.39, 0.29) is 5.78 Å². The van der Waals surface area contributed by atoms with Gasteiger partial charge in [0.1, 0.15) is 5.76 Å². The minimum Gasteiger partial charge on any atom is -0.500 e. The Morgan fingerprint density at radius 3 is 2.64 bits per heavy atom. The van der Waals surface area contributed by atoms with Crippen molar-refractivity contribution in [3.63, 3.8) is 0 Å². The van der Waals surface area contributed by atoms with Crippen molar-refractivity contribution in [2.45, 2.75) is 27.2 Å². The molecule has 1 fully saturated rings. The summed E-state index contributed by atoms with van der Waals surface area (Å²) in [5, 5.41) is 0. The second-order valence-electron chi connectivity index (χ2n) is 3.40. The van der Waals surface area contributed by atoms with E-state index in [2.05, 4.69) is 6.08 Å². The van der Waals surface area contributed by atoms with Crippen molar-refractivity contribution in [2.24, 2.45) is 11.8 Å². The van der Waals surface area contributed by atoms with E-state index >= 15 is 0 Å². The Hall–Kier alpha value is -1.05. The standard InChI is InChI=1S/C10H12O2.C2H6/c1-6(11)8-4-3-7-5-9(7)10(8)12-2;1-2/h3-4,7,9H,5H2,1-2H3;1-2H3. The van der Waals surface area contributed by atoms with E-state index < -0.39 is 0 Å². The SMILES string of the molecule is CC.COC1=C(C(C)=O)C=CC2CC12. The number of Topliss-reactive ketones (excluding diaryl/α,β-unsaturated/α-hetero) is 1. The number of carbonyl (C=O) groups is 1. The van der Waals surface area contributed by atoms with E-state index in [9.17, 15) is 4.79 Å². The highest BCUT2D eigenvalue weighted by molar-refractivity contribution is 5.97. The Labute approximate surface area is 85.6 Å². The minimum atomic E-state index is 0.105. The van der Waals surface area contributed by atoms with Gasteiger partial charge in [-0.2, -0.15) is 0 Å². The zero-order valence-corrected chi connectivity index (χ0v) is 9.33. The van der Waals surface area contributed by atoms with Gasteiger partial charge in [-0.3, -0.25) is 4.79 Å². The van der Waals surface area contributed by atoms with Crippen LogP contribution in [0.3, 0.4) is 0 Å². The lowest BCUT2D eigenvalue weighted by Crippen LogP contribution is -2.06. The van der Waals surface area contributed by atoms with E-state index in [1.54, 1.807) is 14.0 Å². The molecule has 78 valence electrons. The van der Waals surface area contributed by atoms with Crippen molar-refractivity contribution >= 4 is 5.78 Å². The third-order valence-electron chi connectivity index (χ3n) is 2.55. The summed E-state index contributed by atoms with van der Waals surface area (Å²) in [7, 11) is 1.65. The highest BCUT2D eigenvalue weighted by Crippen LogP contribution is 2.49. The molecule has 0 amide bonds. The number of hydrogen-bond donors (Lipinski definition) is 0. The Balaban J connectivity index is 0.000000461. The van der Waals surface area contributed by atoms with Crippen LogP contribution in [0, 0.1) is 11.8 Å². The topological polar surface area (TPSA) is 26.3 Å². The van der Waals surface area contributed by atoms with Gasteiger partial charge in [0.25, 0.3) is 0 Å². The zero-order valence-electron chi connectivity index (χ0n) is 9.33. The number of ether oxygens (including phenoxy) is 1. The first-order chi connectivity index (χ1) is 6.74. The summed E-state index contributed by atoms with van der Waals surface area (Å²) in [6.07, 6.45) is 5.16. The van der Waals surface area contributed by atoms with Gasteiger partial charge < -0.3 is 4.74 Å². The molecule has 0 N–H and O–H groups in total. The highest BCUT2D eigenvalue weighted by Gasteiger charge is 2.42. The van der Waals surface area contributed by atoms with Gasteiger partial charge in [0, 0.05) is 5.92 Å². The summed E-state index contributed by atoms with van der Waals surface area (Å²) >= 11 is 0. The van der Waals surface area contributed by atoms with E-state index in [0.717, 1.165) is 17.8 Å². The highest BCUT2D eigenvalue weighted by atomic mass is 16.5. The minimum absolute atomic E-state index is 0.105. The maximum atomic E-state index is 11.1. The normalized spacial score (nSPS) is 27.4. The van der Waals surface area contributed by atoms with Crippen LogP contribution in [0.5, 0.6) is 0 Å². The van der Waals surface area contributed by atoms with Crippen molar-refractivity contribution < 1.29 is 9.53 Å². The molecular weight excluding hydrogens is 176 g/mol. The molecule has 2 unspecified atom stereocenters. The van der Waals surface area contributed by atoms with E-state index in [1.165, 1.54) is 0 Å². The lowest BCUT2D eigenvalue weighted by molar-refractivity contribution is -0.113. The van der Waals surface area contributed by atoms with Gasteiger partial charge in [-0.25, -0.2) is 0 Å². The molecule has 2 aliphatic rings. The first-order valence-electron chi connectivity index (χ1n) is 5.21. The third kappa shape index (κ3) is 1.89. The fourth-order valence-corrected chi connectivity index (χ4v) is 1.78. The molecular formula is C12H18O2. The van der Waals surface area contributed by atoms with Crippen LogP contribution in [0.25, 0.3) is 0 Å². The molecule has 2 nitrogen and oxygen atoms in total. The Morgan fingerprint density at radius 1 is 1.50 bits per heavy atom. The Kier molecular flexibility index (Phi) is 3.50. The number of carbonyl (C=O) groups excluding carboxylic acids is 1. The van der Waals surface area contributed by atoms with Crippen molar-refractivity contribution in [1.29, 1.82) is 0 Å². The molecule has 2 aliphatic carbocycles. The lowest BCUT2D eigenvalue weighted by atomic mass is 10.0. The fourth-order valence-electron chi connectivity index (χ4n) is 1.78. The molecule has 0 aromatic heterocycles. The summed E-state index contributed by atoms with van der Waals surface area (Å²) < 4.78 is 5.23. The van der Waals surface area contributed by atoms with Crippen molar-refractivity contribution in [3.05, 3.63) is 23.5 Å². The smallest absolute Gasteiger partial charge is 0.163 e. The first-order valence-corrected chi connectivity index (χ1v) is 5.21. The molecule has 0 radical (unpaired) electrons. The van der Waals surface area contributed by atoms with Gasteiger partial charge in [-0.1, -0.05) is 26.0 Å². The average molecular weight is 194 g/mol. The van der Waals surface area contributed by atoms with E-state index in [1.807, 2.05) is 19.9 Å². The monoisotopic (exact) mass is 194 g/mol. The van der Waals surface area contributed by atoms with Crippen LogP contribution in [-0.2, 0) is 9.53 Å². The van der Waals surface area contributed by atoms with Crippen molar-refractivity contribution in [1.82, 2.24) is 0 Å². The number of rotatable bonds is 2. The molecule has 0 heterocycles. The largest absolute Gasteiger partial charge is 0.500 e. The molecule has 2 heteroatoms. The maximum Gasteiger partial charge on any atom is 0.163 e. The molecule has 2 atom stereocenters. The molecule has 2 rings (SSSR count). The second-order valence-corrected chi connectivity index (χ2v) is 3.40. The van der Waals surface area contributed by atoms with Crippen LogP contribution < -0.4 is 0 Å². The molecule has 0 bridgehead atoms. The predicted octanol–water partition coefficient (Wildman–Crippen LogP) is 2.71. The molecule has 0 aliphatic heterocycles. The predicted molar refractivity (Wildman–Crippen MR) is 56.8 cm³/mol. The number of fused-ring (bicyclic) bond motifs is 1. The Bertz CT molecular complexity index is 287. The number of allylic oxidation sites excluding steroid dienone is 4. The van der Waals surface area contributed by atoms with Crippen molar-refractivity contribution in [3.8, 4) is 0 Å². The average Bonchev–Trinajstić information content (AvgIpc) is 2.97. The van der Waals surface area contributed by atoms with Gasteiger partial charge in [-0.05, 0) is 19.3 Å². The summed E-state index contributed by atoms with van der Waals surface area (Å²) in [6.45, 7) is 5.58. The second kappa shape index (κ2) is 4.45. The number of ketones is 1. The number of hydrogen-bond acceptors (Lipinski definition) is 2. The summed E-state index contributed by atoms with van der Waals surface area (Å²) in [5.74, 6) is 2.14. The molecule has 0 saturated heterocycles.